The van der Waals surface area contributed by atoms with Gasteiger partial charge in [0.1, 0.15) is 24.0 Å². The minimum Gasteiger partial charge on any atom is -0.436 e. The van der Waals surface area contributed by atoms with Gasteiger partial charge in [0.05, 0.1) is 6.04 Å². The Hall–Kier alpha value is -3.82. The molecular weight excluding hydrogens is 508 g/mol. The van der Waals surface area contributed by atoms with E-state index < -0.39 is 41.8 Å². The number of nitrogens with zero attached hydrogens (tertiary/aromatic N) is 1. The maximum absolute atomic E-state index is 13.6. The predicted molar refractivity (Wildman–Crippen MR) is 136 cm³/mol. The Morgan fingerprint density at radius 2 is 1.69 bits per heavy atom. The summed E-state index contributed by atoms with van der Waals surface area (Å²) in [6.07, 6.45) is -0.305. The van der Waals surface area contributed by atoms with E-state index in [1.54, 1.807) is 0 Å². The summed E-state index contributed by atoms with van der Waals surface area (Å²) in [5, 5.41) is 5.47. The molecule has 2 aliphatic heterocycles. The zero-order valence-electron chi connectivity index (χ0n) is 21.7. The molecule has 2 heterocycles. The van der Waals surface area contributed by atoms with E-state index in [1.807, 2.05) is 13.8 Å². The van der Waals surface area contributed by atoms with Crippen LogP contribution in [-0.2, 0) is 19.1 Å². The van der Waals surface area contributed by atoms with Gasteiger partial charge >= 0.3 is 6.09 Å². The molecule has 2 aromatic rings. The molecule has 3 fully saturated rings. The Bertz CT molecular complexity index is 1220. The second-order valence-electron chi connectivity index (χ2n) is 11.2. The third kappa shape index (κ3) is 5.24. The number of hydrogen-bond donors (Lipinski definition) is 2. The smallest absolute Gasteiger partial charge is 0.411 e. The normalized spacial score (nSPS) is 25.6. The van der Waals surface area contributed by atoms with Gasteiger partial charge in [0.15, 0.2) is 6.10 Å². The number of carbonyl (C=O) groups excluding carboxylic acids is 4. The topological polar surface area (TPSA) is 105 Å². The third-order valence-corrected chi connectivity index (χ3v) is 8.47. The van der Waals surface area contributed by atoms with Crippen molar-refractivity contribution < 1.29 is 32.7 Å². The van der Waals surface area contributed by atoms with Gasteiger partial charge in [0.2, 0.25) is 11.8 Å². The van der Waals surface area contributed by atoms with Gasteiger partial charge in [-0.2, -0.15) is 0 Å². The lowest BCUT2D eigenvalue weighted by Gasteiger charge is -2.31. The molecular formula is C29H31F2N3O5. The summed E-state index contributed by atoms with van der Waals surface area (Å²) >= 11 is 0. The van der Waals surface area contributed by atoms with Crippen LogP contribution in [0.5, 0.6) is 0 Å². The molecule has 0 aromatic heterocycles. The van der Waals surface area contributed by atoms with Crippen molar-refractivity contribution in [2.24, 2.45) is 23.2 Å². The first-order chi connectivity index (χ1) is 18.6. The molecule has 2 N–H and O–H groups in total. The van der Waals surface area contributed by atoms with Crippen molar-refractivity contribution in [3.8, 4) is 0 Å². The number of aldehydes is 1. The summed E-state index contributed by atoms with van der Waals surface area (Å²) in [5.41, 5.74) is 0.796. The molecule has 3 amide bonds. The quantitative estimate of drug-likeness (QED) is 0.501. The molecule has 5 atom stereocenters. The summed E-state index contributed by atoms with van der Waals surface area (Å²) in [6.45, 7) is 4.90. The highest BCUT2D eigenvalue weighted by Crippen LogP contribution is 2.65. The van der Waals surface area contributed by atoms with Crippen molar-refractivity contribution in [2.45, 2.75) is 44.9 Å². The minimum absolute atomic E-state index is 0.0752. The van der Waals surface area contributed by atoms with Crippen LogP contribution >= 0.6 is 0 Å². The zero-order valence-corrected chi connectivity index (χ0v) is 21.7. The van der Waals surface area contributed by atoms with Crippen LogP contribution in [0.3, 0.4) is 0 Å². The average Bonchev–Trinajstić information content (AvgIpc) is 3.26. The van der Waals surface area contributed by atoms with E-state index in [0.29, 0.717) is 36.9 Å². The largest absolute Gasteiger partial charge is 0.436 e. The number of piperidine rings is 1. The fourth-order valence-corrected chi connectivity index (χ4v) is 6.14. The molecule has 0 spiro atoms. The Kier molecular flexibility index (Phi) is 7.13. The fourth-order valence-electron chi connectivity index (χ4n) is 6.14. The average molecular weight is 540 g/mol. The molecule has 5 rings (SSSR count). The number of carbonyl (C=O) groups is 4. The Morgan fingerprint density at radius 1 is 1.10 bits per heavy atom. The molecule has 206 valence electrons. The van der Waals surface area contributed by atoms with Crippen LogP contribution in [0.4, 0.5) is 13.6 Å². The van der Waals surface area contributed by atoms with Crippen LogP contribution in [0.25, 0.3) is 0 Å². The number of likely N-dealkylation sites (tertiary alicyclic amines) is 1. The third-order valence-electron chi connectivity index (χ3n) is 8.47. The summed E-state index contributed by atoms with van der Waals surface area (Å²) in [4.78, 5) is 52.2. The Labute approximate surface area is 225 Å². The first kappa shape index (κ1) is 26.8. The number of halogens is 2. The molecule has 1 saturated carbocycles. The molecule has 2 aromatic carbocycles. The van der Waals surface area contributed by atoms with Gasteiger partial charge in [0, 0.05) is 19.0 Å². The minimum atomic E-state index is -0.962. The molecule has 3 aliphatic rings. The van der Waals surface area contributed by atoms with Gasteiger partial charge in [-0.05, 0) is 65.5 Å². The molecule has 0 bridgehead atoms. The van der Waals surface area contributed by atoms with Crippen molar-refractivity contribution in [2.75, 3.05) is 13.1 Å². The van der Waals surface area contributed by atoms with Crippen molar-refractivity contribution >= 4 is 24.2 Å². The standard InChI is InChI=1S/C29H31F2N3O5/c1-29(2)22-14-34(24(23(22)29)27(37)33-21(15-35)13-18-11-12-32-26(18)36)28(38)39-25(16-3-7-19(30)8-4-16)17-5-9-20(31)10-6-17/h3-10,15,18,21-25H,11-14H2,1-2H3,(H,32,36)(H,33,37)/t18-,21-,22-,23-,24-/m0/s1. The van der Waals surface area contributed by atoms with E-state index in [1.165, 1.54) is 53.4 Å². The van der Waals surface area contributed by atoms with Crippen LogP contribution in [0.15, 0.2) is 48.5 Å². The molecule has 39 heavy (non-hydrogen) atoms. The fraction of sp³-hybridized carbons (Fsp3) is 0.448. The van der Waals surface area contributed by atoms with Crippen LogP contribution in [0.1, 0.15) is 43.9 Å². The van der Waals surface area contributed by atoms with Crippen molar-refractivity contribution in [1.82, 2.24) is 15.5 Å². The SMILES string of the molecule is CC1(C)[C@@H]2[C@@H](C(=O)N[C@H](C=O)C[C@@H]3CCNC3=O)N(C(=O)OC(c3ccc(F)cc3)c3ccc(F)cc3)C[C@@H]21. The van der Waals surface area contributed by atoms with E-state index in [4.69, 9.17) is 4.74 Å². The molecule has 8 nitrogen and oxygen atoms in total. The predicted octanol–water partition coefficient (Wildman–Crippen LogP) is 3.36. The number of hydrogen-bond acceptors (Lipinski definition) is 5. The van der Waals surface area contributed by atoms with Crippen molar-refractivity contribution in [1.29, 1.82) is 0 Å². The maximum atomic E-state index is 13.6. The first-order valence-corrected chi connectivity index (χ1v) is 13.1. The lowest BCUT2D eigenvalue weighted by Crippen LogP contribution is -2.53. The van der Waals surface area contributed by atoms with E-state index in [-0.39, 0.29) is 35.5 Å². The second-order valence-corrected chi connectivity index (χ2v) is 11.2. The number of fused-ring (bicyclic) bond motifs is 1. The molecule has 1 aliphatic carbocycles. The lowest BCUT2D eigenvalue weighted by atomic mass is 9.97. The highest BCUT2D eigenvalue weighted by atomic mass is 19.1. The number of ether oxygens (including phenoxy) is 1. The molecule has 0 unspecified atom stereocenters. The zero-order chi connectivity index (χ0) is 27.9. The van der Waals surface area contributed by atoms with Gasteiger partial charge in [-0.25, -0.2) is 13.6 Å². The lowest BCUT2D eigenvalue weighted by molar-refractivity contribution is -0.129. The summed E-state index contributed by atoms with van der Waals surface area (Å²) in [7, 11) is 0. The van der Waals surface area contributed by atoms with E-state index >= 15 is 0 Å². The van der Waals surface area contributed by atoms with Crippen LogP contribution < -0.4 is 10.6 Å². The summed E-state index contributed by atoms with van der Waals surface area (Å²) in [5.74, 6) is -1.93. The number of nitrogens with one attached hydrogen (secondary N) is 2. The van der Waals surface area contributed by atoms with Crippen LogP contribution in [-0.4, -0.2) is 54.3 Å². The van der Waals surface area contributed by atoms with Gasteiger partial charge in [-0.15, -0.1) is 0 Å². The number of rotatable bonds is 8. The summed E-state index contributed by atoms with van der Waals surface area (Å²) < 4.78 is 33.1. The highest BCUT2D eigenvalue weighted by Gasteiger charge is 2.69. The molecule has 0 radical (unpaired) electrons. The van der Waals surface area contributed by atoms with E-state index in [2.05, 4.69) is 10.6 Å². The van der Waals surface area contributed by atoms with Crippen LogP contribution in [0, 0.1) is 34.8 Å². The molecule has 10 heteroatoms. The number of amides is 3. The maximum Gasteiger partial charge on any atom is 0.411 e. The van der Waals surface area contributed by atoms with Gasteiger partial charge < -0.3 is 20.2 Å². The van der Waals surface area contributed by atoms with Crippen LogP contribution in [0.2, 0.25) is 0 Å². The first-order valence-electron chi connectivity index (χ1n) is 13.1. The molecule has 2 saturated heterocycles. The Balaban J connectivity index is 1.35. The monoisotopic (exact) mass is 539 g/mol. The number of benzene rings is 2. The van der Waals surface area contributed by atoms with E-state index in [0.717, 1.165) is 0 Å². The van der Waals surface area contributed by atoms with E-state index in [9.17, 15) is 28.0 Å². The second kappa shape index (κ2) is 10.4. The Morgan fingerprint density at radius 3 is 2.21 bits per heavy atom. The highest BCUT2D eigenvalue weighted by molar-refractivity contribution is 5.90. The van der Waals surface area contributed by atoms with Crippen molar-refractivity contribution in [3.63, 3.8) is 0 Å². The summed E-state index contributed by atoms with van der Waals surface area (Å²) in [6, 6.07) is 9.19. The van der Waals surface area contributed by atoms with Gasteiger partial charge in [0.25, 0.3) is 0 Å². The van der Waals surface area contributed by atoms with Gasteiger partial charge in [-0.1, -0.05) is 38.1 Å². The van der Waals surface area contributed by atoms with Crippen molar-refractivity contribution in [3.05, 3.63) is 71.3 Å². The van der Waals surface area contributed by atoms with Gasteiger partial charge in [-0.3, -0.25) is 14.5 Å².